The van der Waals surface area contributed by atoms with Gasteiger partial charge in [-0.1, -0.05) is 24.3 Å². The molecule has 1 aliphatic heterocycles. The van der Waals surface area contributed by atoms with Crippen LogP contribution in [0.4, 0.5) is 0 Å². The number of hydrogen-bond donors (Lipinski definition) is 4. The quantitative estimate of drug-likeness (QED) is 0.0877. The molecule has 2 heterocycles. The molecule has 1 aromatic heterocycles. The van der Waals surface area contributed by atoms with Gasteiger partial charge in [-0.25, -0.2) is 4.57 Å². The molecule has 3 unspecified atom stereocenters. The van der Waals surface area contributed by atoms with Gasteiger partial charge in [-0.2, -0.15) is 0 Å². The standard InChI is InChI=1S/C31H49N6O7P3.HI.Tb/c1-33-21-27-7-5-6-8-28(27)29-19-26(9-10-30(29)33)20-32-31(38)22-34-11-13-35(23-45(2,39)40)15-17-37(25-47(4,43)44)18-16-36(14-12-34)24-46(3,41)42;;/h5-10,19,21H,11-18,20,22-25H2,1-4H3,(H3-,32,38,39,40,41,42,43,44);1H;. The van der Waals surface area contributed by atoms with Crippen LogP contribution in [0.15, 0.2) is 48.7 Å². The van der Waals surface area contributed by atoms with Crippen LogP contribution in [0.2, 0.25) is 0 Å². The number of halogens is 1. The number of nitrogens with zero attached hydrogens (tertiary/aromatic N) is 5. The molecule has 0 saturated carbocycles. The number of carbonyl (C=O) groups is 1. The number of benzene rings is 2. The van der Waals surface area contributed by atoms with Crippen molar-refractivity contribution >= 4 is 49.7 Å². The maximum absolute atomic E-state index is 13.3. The molecule has 49 heavy (non-hydrogen) atoms. The van der Waals surface area contributed by atoms with Crippen LogP contribution in [-0.4, -0.2) is 138 Å². The summed E-state index contributed by atoms with van der Waals surface area (Å²) in [5, 5.41) is 6.43. The molecule has 1 radical (unpaired) electrons. The minimum atomic E-state index is -3.40. The van der Waals surface area contributed by atoms with Crippen molar-refractivity contribution in [3.8, 4) is 0 Å². The van der Waals surface area contributed by atoms with Gasteiger partial charge in [-0.15, -0.1) is 0 Å². The summed E-state index contributed by atoms with van der Waals surface area (Å²) in [5.41, 5.74) is 2.06. The number of aryl methyl sites for hydroxylation is 1. The van der Waals surface area contributed by atoms with E-state index < -0.39 is 22.1 Å². The summed E-state index contributed by atoms with van der Waals surface area (Å²) < 4.78 is 39.1. The molecule has 4 N–H and O–H groups in total. The van der Waals surface area contributed by atoms with Gasteiger partial charge in [0.2, 0.25) is 33.5 Å². The fourth-order valence-electron chi connectivity index (χ4n) is 6.08. The third-order valence-electron chi connectivity index (χ3n) is 8.20. The minimum absolute atomic E-state index is 0. The third kappa shape index (κ3) is 15.9. The zero-order valence-electron chi connectivity index (χ0n) is 28.6. The Balaban J connectivity index is 0.00000417. The smallest absolute Gasteiger partial charge is 0.234 e. The van der Waals surface area contributed by atoms with Crippen molar-refractivity contribution in [2.75, 3.05) is 97.8 Å². The summed E-state index contributed by atoms with van der Waals surface area (Å²) in [4.78, 5) is 51.2. The van der Waals surface area contributed by atoms with E-state index in [0.717, 1.165) is 27.2 Å². The zero-order valence-corrected chi connectivity index (χ0v) is 35.6. The largest absolute Gasteiger partial charge is 1.00 e. The summed E-state index contributed by atoms with van der Waals surface area (Å²) in [7, 11) is -8.17. The minimum Gasteiger partial charge on any atom is -1.00 e. The molecule has 1 fully saturated rings. The van der Waals surface area contributed by atoms with E-state index in [-0.39, 0.29) is 93.9 Å². The molecule has 13 nitrogen and oxygen atoms in total. The van der Waals surface area contributed by atoms with Gasteiger partial charge < -0.3 is 44.0 Å². The molecule has 3 aromatic rings. The Morgan fingerprint density at radius 3 is 1.65 bits per heavy atom. The molecule has 277 valence electrons. The molecule has 2 aromatic carbocycles. The summed E-state index contributed by atoms with van der Waals surface area (Å²) in [5.74, 6) is -0.168. The Hall–Kier alpha value is 0.00571. The van der Waals surface area contributed by atoms with Gasteiger partial charge in [-0.05, 0) is 17.7 Å². The molecular weight excluding hydrogens is 947 g/mol. The van der Waals surface area contributed by atoms with Crippen molar-refractivity contribution in [1.82, 2.24) is 24.9 Å². The van der Waals surface area contributed by atoms with E-state index in [1.165, 1.54) is 20.0 Å². The van der Waals surface area contributed by atoms with Crippen molar-refractivity contribution in [3.63, 3.8) is 0 Å². The molecule has 0 bridgehead atoms. The van der Waals surface area contributed by atoms with E-state index in [0.29, 0.717) is 58.9 Å². The van der Waals surface area contributed by atoms with Crippen molar-refractivity contribution in [2.45, 2.75) is 6.54 Å². The number of fused-ring (bicyclic) bond motifs is 3. The van der Waals surface area contributed by atoms with Crippen molar-refractivity contribution < 1.29 is 100 Å². The molecule has 18 heteroatoms. The Morgan fingerprint density at radius 1 is 0.735 bits per heavy atom. The number of carbonyl (C=O) groups excluding carboxylic acids is 1. The fraction of sp³-hybridized carbons (Fsp3) is 0.548. The van der Waals surface area contributed by atoms with Crippen molar-refractivity contribution in [2.24, 2.45) is 7.05 Å². The molecule has 3 atom stereocenters. The first-order valence-corrected chi connectivity index (χ1v) is 22.7. The van der Waals surface area contributed by atoms with Gasteiger partial charge in [-0.3, -0.25) is 38.1 Å². The first kappa shape index (κ1) is 45.2. The van der Waals surface area contributed by atoms with Crippen LogP contribution in [-0.2, 0) is 32.1 Å². The maximum Gasteiger partial charge on any atom is 0.234 e. The van der Waals surface area contributed by atoms with Crippen LogP contribution in [0.25, 0.3) is 21.7 Å². The molecule has 1 saturated heterocycles. The first-order chi connectivity index (χ1) is 21.9. The van der Waals surface area contributed by atoms with Crippen LogP contribution in [0.5, 0.6) is 0 Å². The molecular formula is C31H50IN6O7P3Tb. The second kappa shape index (κ2) is 19.9. The average Bonchev–Trinajstić information content (AvgIpc) is 2.95. The van der Waals surface area contributed by atoms with Gasteiger partial charge in [0.15, 0.2) is 6.20 Å². The fourth-order valence-corrected chi connectivity index (χ4v) is 9.16. The predicted octanol–water partition coefficient (Wildman–Crippen LogP) is -0.768. The first-order valence-electron chi connectivity index (χ1n) is 15.8. The third-order valence-corrected chi connectivity index (χ3v) is 11.0. The number of pyridine rings is 1. The Morgan fingerprint density at radius 2 is 1.18 bits per heavy atom. The molecule has 1 amide bonds. The van der Waals surface area contributed by atoms with E-state index in [9.17, 15) is 33.2 Å². The summed E-state index contributed by atoms with van der Waals surface area (Å²) in [6.07, 6.45) is 1.99. The monoisotopic (exact) mass is 997 g/mol. The van der Waals surface area contributed by atoms with Crippen molar-refractivity contribution in [3.05, 3.63) is 54.2 Å². The second-order valence-corrected chi connectivity index (χ2v) is 20.3. The van der Waals surface area contributed by atoms with Crippen LogP contribution in [0.3, 0.4) is 0 Å². The number of amides is 1. The maximum atomic E-state index is 13.3. The topological polar surface area (TPSA) is 158 Å². The Labute approximate surface area is 337 Å². The van der Waals surface area contributed by atoms with E-state index in [1.807, 2.05) is 44.8 Å². The number of rotatable bonds is 10. The Bertz CT molecular complexity index is 1660. The number of nitrogens with one attached hydrogen (secondary N) is 1. The predicted molar refractivity (Wildman–Crippen MR) is 187 cm³/mol. The van der Waals surface area contributed by atoms with Crippen LogP contribution in [0, 0.1) is 38.6 Å². The normalized spacial score (nSPS) is 20.1. The number of aromatic nitrogens is 1. The van der Waals surface area contributed by atoms with E-state index in [1.54, 1.807) is 0 Å². The van der Waals surface area contributed by atoms with Crippen molar-refractivity contribution in [1.29, 1.82) is 0 Å². The molecule has 0 spiro atoms. The Kier molecular flexibility index (Phi) is 18.3. The van der Waals surface area contributed by atoms with E-state index in [2.05, 4.69) is 40.3 Å². The zero-order chi connectivity index (χ0) is 34.4. The van der Waals surface area contributed by atoms with Gasteiger partial charge in [0.05, 0.1) is 30.8 Å². The summed E-state index contributed by atoms with van der Waals surface area (Å²) in [6, 6.07) is 14.4. The van der Waals surface area contributed by atoms with Crippen LogP contribution < -0.4 is 33.9 Å². The molecule has 1 aliphatic rings. The summed E-state index contributed by atoms with van der Waals surface area (Å²) in [6.45, 7) is 7.57. The van der Waals surface area contributed by atoms with Gasteiger partial charge >= 0.3 is 0 Å². The summed E-state index contributed by atoms with van der Waals surface area (Å²) >= 11 is 0. The average molecular weight is 998 g/mol. The van der Waals surface area contributed by atoms with Crippen LogP contribution >= 0.6 is 22.1 Å². The van der Waals surface area contributed by atoms with Gasteiger partial charge in [0, 0.05) is 134 Å². The SMILES string of the molecule is C[n+]1cc2ccccc2c2cc(CNC(=O)CN3CCN(CP(C)(=O)O)CCN(CP(C)(=O)O)CCN(CP(C)(=O)O)CC3)ccc21.[I-].[Tb]. The van der Waals surface area contributed by atoms with Gasteiger partial charge in [0.1, 0.15) is 7.05 Å². The molecule has 4 rings (SSSR count). The van der Waals surface area contributed by atoms with Gasteiger partial charge in [0.25, 0.3) is 0 Å². The van der Waals surface area contributed by atoms with E-state index >= 15 is 0 Å². The van der Waals surface area contributed by atoms with Crippen LogP contribution in [0.1, 0.15) is 5.56 Å². The number of hydrogen-bond acceptors (Lipinski definition) is 8. The molecule has 0 aliphatic carbocycles. The second-order valence-electron chi connectivity index (χ2n) is 13.2. The van der Waals surface area contributed by atoms with E-state index in [4.69, 9.17) is 0 Å².